The van der Waals surface area contributed by atoms with Gasteiger partial charge in [0.1, 0.15) is 5.75 Å². The molecule has 1 saturated heterocycles. The first-order chi connectivity index (χ1) is 13.7. The van der Waals surface area contributed by atoms with Crippen molar-refractivity contribution in [3.8, 4) is 5.75 Å². The molecule has 1 N–H and O–H groups in total. The van der Waals surface area contributed by atoms with Gasteiger partial charge < -0.3 is 15.0 Å². The summed E-state index contributed by atoms with van der Waals surface area (Å²) in [6.07, 6.45) is 15.3. The number of allylic oxidation sites excluding steroid dienone is 3. The van der Waals surface area contributed by atoms with Gasteiger partial charge in [0.15, 0.2) is 0 Å². The standard InChI is InChI=1S/C25H36N2O/c1-20(2)18-24(26-19-21-12-14-22(28-3)15-13-21)23-10-6-4-7-11-25(23)27-16-8-5-9-17-27/h4,6-7,10,12-15,20,24,26H,5,8-9,11,16-19H2,1-3H3. The number of nitrogens with zero attached hydrogens (tertiary/aromatic N) is 1. The summed E-state index contributed by atoms with van der Waals surface area (Å²) < 4.78 is 5.29. The monoisotopic (exact) mass is 380 g/mol. The number of nitrogens with one attached hydrogen (secondary N) is 1. The van der Waals surface area contributed by atoms with E-state index >= 15 is 0 Å². The van der Waals surface area contributed by atoms with Gasteiger partial charge in [0.05, 0.1) is 7.11 Å². The van der Waals surface area contributed by atoms with Gasteiger partial charge in [0.25, 0.3) is 0 Å². The Morgan fingerprint density at radius 2 is 1.79 bits per heavy atom. The van der Waals surface area contributed by atoms with Crippen molar-refractivity contribution in [2.24, 2.45) is 5.92 Å². The molecule has 1 aliphatic heterocycles. The van der Waals surface area contributed by atoms with Crippen LogP contribution in [0.3, 0.4) is 0 Å². The average Bonchev–Trinajstić information content (AvgIpc) is 2.98. The van der Waals surface area contributed by atoms with Crippen LogP contribution in [0.15, 0.2) is 59.8 Å². The van der Waals surface area contributed by atoms with Crippen molar-refractivity contribution in [2.75, 3.05) is 20.2 Å². The first kappa shape index (κ1) is 20.7. The number of hydrogen-bond donors (Lipinski definition) is 1. The lowest BCUT2D eigenvalue weighted by molar-refractivity contribution is 0.275. The van der Waals surface area contributed by atoms with Crippen LogP contribution in [-0.4, -0.2) is 31.1 Å². The lowest BCUT2D eigenvalue weighted by atomic mass is 9.93. The number of ether oxygens (including phenoxy) is 1. The van der Waals surface area contributed by atoms with Crippen LogP contribution in [0.4, 0.5) is 0 Å². The van der Waals surface area contributed by atoms with Crippen LogP contribution in [0.5, 0.6) is 5.75 Å². The maximum absolute atomic E-state index is 5.29. The van der Waals surface area contributed by atoms with Gasteiger partial charge in [-0.3, -0.25) is 0 Å². The number of benzene rings is 1. The zero-order valence-corrected chi connectivity index (χ0v) is 17.8. The van der Waals surface area contributed by atoms with Crippen molar-refractivity contribution >= 4 is 0 Å². The summed E-state index contributed by atoms with van der Waals surface area (Å²) in [5, 5.41) is 3.87. The Morgan fingerprint density at radius 1 is 1.04 bits per heavy atom. The highest BCUT2D eigenvalue weighted by atomic mass is 16.5. The normalized spacial score (nSPS) is 18.5. The van der Waals surface area contributed by atoms with Crippen molar-refractivity contribution < 1.29 is 4.74 Å². The van der Waals surface area contributed by atoms with E-state index in [9.17, 15) is 0 Å². The molecule has 0 bridgehead atoms. The Morgan fingerprint density at radius 3 is 2.46 bits per heavy atom. The number of likely N-dealkylation sites (tertiary alicyclic amines) is 1. The van der Waals surface area contributed by atoms with Crippen LogP contribution >= 0.6 is 0 Å². The van der Waals surface area contributed by atoms with E-state index in [0.29, 0.717) is 12.0 Å². The summed E-state index contributed by atoms with van der Waals surface area (Å²) in [4.78, 5) is 2.64. The van der Waals surface area contributed by atoms with E-state index in [1.54, 1.807) is 7.11 Å². The molecule has 28 heavy (non-hydrogen) atoms. The third kappa shape index (κ3) is 5.75. The summed E-state index contributed by atoms with van der Waals surface area (Å²) >= 11 is 0. The molecule has 1 atom stereocenters. The van der Waals surface area contributed by atoms with Gasteiger partial charge in [-0.05, 0) is 54.9 Å². The SMILES string of the molecule is COc1ccc(CNC(CC(C)C)C2=C(N3CCCCC3)CC=CC=C2)cc1. The van der Waals surface area contributed by atoms with Gasteiger partial charge in [0.2, 0.25) is 0 Å². The molecule has 0 saturated carbocycles. The molecule has 0 amide bonds. The van der Waals surface area contributed by atoms with Crippen LogP contribution in [0.1, 0.15) is 51.5 Å². The molecule has 3 heteroatoms. The van der Waals surface area contributed by atoms with E-state index in [0.717, 1.165) is 25.1 Å². The molecule has 1 aromatic carbocycles. The molecule has 1 heterocycles. The fourth-order valence-corrected chi connectivity index (χ4v) is 4.20. The molecule has 0 spiro atoms. The van der Waals surface area contributed by atoms with Crippen molar-refractivity contribution in [3.05, 3.63) is 65.4 Å². The van der Waals surface area contributed by atoms with E-state index < -0.39 is 0 Å². The van der Waals surface area contributed by atoms with Gasteiger partial charge in [-0.1, -0.05) is 50.3 Å². The Balaban J connectivity index is 1.81. The third-order valence-electron chi connectivity index (χ3n) is 5.70. The Hall–Kier alpha value is -2.00. The molecule has 2 aliphatic rings. The Labute approximate surface area is 171 Å². The van der Waals surface area contributed by atoms with Gasteiger partial charge in [0, 0.05) is 37.8 Å². The topological polar surface area (TPSA) is 24.5 Å². The van der Waals surface area contributed by atoms with Crippen LogP contribution in [0.25, 0.3) is 0 Å². The maximum Gasteiger partial charge on any atom is 0.118 e. The van der Waals surface area contributed by atoms with Crippen LogP contribution in [0, 0.1) is 5.92 Å². The second kappa shape index (κ2) is 10.5. The Bertz CT molecular complexity index is 694. The number of methoxy groups -OCH3 is 1. The van der Waals surface area contributed by atoms with Gasteiger partial charge in [-0.25, -0.2) is 0 Å². The van der Waals surface area contributed by atoms with E-state index in [4.69, 9.17) is 4.74 Å². The largest absolute Gasteiger partial charge is 0.497 e. The highest BCUT2D eigenvalue weighted by Crippen LogP contribution is 2.27. The van der Waals surface area contributed by atoms with E-state index in [2.05, 4.69) is 60.5 Å². The molecule has 152 valence electrons. The number of hydrogen-bond acceptors (Lipinski definition) is 3. The van der Waals surface area contributed by atoms with E-state index in [1.807, 2.05) is 12.1 Å². The van der Waals surface area contributed by atoms with Crippen molar-refractivity contribution in [1.29, 1.82) is 0 Å². The van der Waals surface area contributed by atoms with E-state index in [1.165, 1.54) is 49.2 Å². The third-order valence-corrected chi connectivity index (χ3v) is 5.70. The summed E-state index contributed by atoms with van der Waals surface area (Å²) in [5.74, 6) is 1.56. The van der Waals surface area contributed by atoms with Crippen molar-refractivity contribution in [2.45, 2.75) is 58.5 Å². The Kier molecular flexibility index (Phi) is 7.79. The van der Waals surface area contributed by atoms with Crippen LogP contribution < -0.4 is 10.1 Å². The average molecular weight is 381 g/mol. The quantitative estimate of drug-likeness (QED) is 0.648. The highest BCUT2D eigenvalue weighted by molar-refractivity contribution is 5.36. The lowest BCUT2D eigenvalue weighted by Gasteiger charge is -2.34. The predicted octanol–water partition coefficient (Wildman–Crippen LogP) is 5.46. The smallest absolute Gasteiger partial charge is 0.118 e. The molecular weight excluding hydrogens is 344 g/mol. The van der Waals surface area contributed by atoms with E-state index in [-0.39, 0.29) is 0 Å². The minimum Gasteiger partial charge on any atom is -0.497 e. The van der Waals surface area contributed by atoms with Crippen molar-refractivity contribution in [3.63, 3.8) is 0 Å². The second-order valence-corrected chi connectivity index (χ2v) is 8.35. The van der Waals surface area contributed by atoms with Gasteiger partial charge >= 0.3 is 0 Å². The summed E-state index contributed by atoms with van der Waals surface area (Å²) in [6.45, 7) is 7.92. The first-order valence-corrected chi connectivity index (χ1v) is 10.8. The fraction of sp³-hybridized carbons (Fsp3) is 0.520. The molecule has 0 aromatic heterocycles. The summed E-state index contributed by atoms with van der Waals surface area (Å²) in [7, 11) is 1.72. The second-order valence-electron chi connectivity index (χ2n) is 8.35. The van der Waals surface area contributed by atoms with Crippen LogP contribution in [-0.2, 0) is 6.54 Å². The van der Waals surface area contributed by atoms with Crippen molar-refractivity contribution in [1.82, 2.24) is 10.2 Å². The fourth-order valence-electron chi connectivity index (χ4n) is 4.20. The molecule has 1 unspecified atom stereocenters. The van der Waals surface area contributed by atoms with Crippen LogP contribution in [0.2, 0.25) is 0 Å². The summed E-state index contributed by atoms with van der Waals surface area (Å²) in [6, 6.07) is 8.77. The molecule has 1 aromatic rings. The number of piperidine rings is 1. The minimum absolute atomic E-state index is 0.371. The molecule has 1 fully saturated rings. The number of rotatable bonds is 8. The first-order valence-electron chi connectivity index (χ1n) is 10.8. The molecule has 3 rings (SSSR count). The molecule has 1 aliphatic carbocycles. The summed E-state index contributed by atoms with van der Waals surface area (Å²) in [5.41, 5.74) is 4.30. The predicted molar refractivity (Wildman–Crippen MR) is 118 cm³/mol. The van der Waals surface area contributed by atoms with Gasteiger partial charge in [-0.15, -0.1) is 0 Å². The lowest BCUT2D eigenvalue weighted by Crippen LogP contribution is -2.36. The molecule has 0 radical (unpaired) electrons. The highest BCUT2D eigenvalue weighted by Gasteiger charge is 2.22. The molecular formula is C25H36N2O. The zero-order chi connectivity index (χ0) is 19.8. The maximum atomic E-state index is 5.29. The minimum atomic E-state index is 0.371. The zero-order valence-electron chi connectivity index (χ0n) is 17.8. The van der Waals surface area contributed by atoms with Gasteiger partial charge in [-0.2, -0.15) is 0 Å². The molecule has 3 nitrogen and oxygen atoms in total.